The van der Waals surface area contributed by atoms with E-state index in [4.69, 9.17) is 0 Å². The molecule has 0 bridgehead atoms. The number of benzene rings is 1. The van der Waals surface area contributed by atoms with Crippen LogP contribution in [0.25, 0.3) is 0 Å². The highest BCUT2D eigenvalue weighted by Crippen LogP contribution is 2.29. The molecule has 0 amide bonds. The second kappa shape index (κ2) is 5.93. The maximum atomic E-state index is 12.3. The summed E-state index contributed by atoms with van der Waals surface area (Å²) in [6.45, 7) is 2.38. The van der Waals surface area contributed by atoms with Gasteiger partial charge in [0.15, 0.2) is 28.7 Å². The molecule has 1 aromatic carbocycles. The van der Waals surface area contributed by atoms with E-state index in [1.165, 1.54) is 6.92 Å². The molecule has 0 heterocycles. The summed E-state index contributed by atoms with van der Waals surface area (Å²) in [5, 5.41) is 10.0. The van der Waals surface area contributed by atoms with E-state index in [0.29, 0.717) is 6.42 Å². The molecule has 0 radical (unpaired) electrons. The minimum atomic E-state index is -2.26. The Morgan fingerprint density at radius 2 is 1.73 bits per heavy atom. The lowest BCUT2D eigenvalue weighted by molar-refractivity contribution is -0.164. The maximum Gasteiger partial charge on any atom is 0.189 e. The molecule has 3 unspecified atom stereocenters. The van der Waals surface area contributed by atoms with Gasteiger partial charge in [-0.25, -0.2) is 0 Å². The first-order valence-electron chi connectivity index (χ1n) is 7.18. The van der Waals surface area contributed by atoms with Crippen LogP contribution < -0.4 is 0 Å². The third-order valence-corrected chi connectivity index (χ3v) is 4.15. The van der Waals surface area contributed by atoms with Crippen molar-refractivity contribution in [1.29, 1.82) is 0 Å². The Hall–Kier alpha value is -2.14. The molecule has 0 saturated heterocycles. The van der Waals surface area contributed by atoms with Crippen molar-refractivity contribution in [3.63, 3.8) is 0 Å². The lowest BCUT2D eigenvalue weighted by atomic mass is 9.69. The second-order valence-electron chi connectivity index (χ2n) is 5.81. The summed E-state index contributed by atoms with van der Waals surface area (Å²) in [5.41, 5.74) is -1.34. The van der Waals surface area contributed by atoms with Crippen molar-refractivity contribution >= 4 is 23.1 Å². The van der Waals surface area contributed by atoms with Crippen LogP contribution >= 0.6 is 0 Å². The lowest BCUT2D eigenvalue weighted by Crippen LogP contribution is -2.60. The molecule has 0 aliphatic heterocycles. The molecule has 1 fully saturated rings. The van der Waals surface area contributed by atoms with Gasteiger partial charge < -0.3 is 5.11 Å². The van der Waals surface area contributed by atoms with Gasteiger partial charge in [-0.15, -0.1) is 0 Å². The molecule has 1 aromatic rings. The molecule has 22 heavy (non-hydrogen) atoms. The lowest BCUT2D eigenvalue weighted by Gasteiger charge is -2.32. The number of Topliss-reactive ketones (excluding diaryl/α,β-unsaturated/α-hetero) is 4. The van der Waals surface area contributed by atoms with Crippen molar-refractivity contribution in [2.75, 3.05) is 0 Å². The Balaban J connectivity index is 2.16. The molecule has 0 spiro atoms. The maximum absolute atomic E-state index is 12.3. The monoisotopic (exact) mass is 302 g/mol. The Bertz CT molecular complexity index is 630. The van der Waals surface area contributed by atoms with Gasteiger partial charge in [-0.2, -0.15) is 0 Å². The molecule has 2 rings (SSSR count). The number of hydrogen-bond acceptors (Lipinski definition) is 5. The van der Waals surface area contributed by atoms with Crippen LogP contribution in [-0.2, 0) is 25.6 Å². The Kier molecular flexibility index (Phi) is 4.37. The molecule has 5 nitrogen and oxygen atoms in total. The van der Waals surface area contributed by atoms with Gasteiger partial charge in [-0.05, 0) is 25.8 Å². The van der Waals surface area contributed by atoms with E-state index < -0.39 is 40.6 Å². The smallest absolute Gasteiger partial charge is 0.189 e. The van der Waals surface area contributed by atoms with Crippen LogP contribution in [0.2, 0.25) is 0 Å². The van der Waals surface area contributed by atoms with Gasteiger partial charge >= 0.3 is 0 Å². The molecule has 1 saturated carbocycles. The van der Waals surface area contributed by atoms with Gasteiger partial charge in [-0.1, -0.05) is 30.3 Å². The third kappa shape index (κ3) is 2.76. The molecular weight excluding hydrogens is 284 g/mol. The highest BCUT2D eigenvalue weighted by atomic mass is 16.3. The van der Waals surface area contributed by atoms with E-state index in [9.17, 15) is 24.3 Å². The fourth-order valence-electron chi connectivity index (χ4n) is 2.69. The zero-order valence-corrected chi connectivity index (χ0v) is 12.5. The standard InChI is InChI=1S/C17H18O5/c1-10-14(19)13(16(21)17(2,22)15(10)20)12(18)9-8-11-6-4-3-5-7-11/h3-7,10,13,22H,8-9H2,1-2H3. The number of aliphatic hydroxyl groups is 1. The number of rotatable bonds is 4. The molecule has 0 aromatic heterocycles. The summed E-state index contributed by atoms with van der Waals surface area (Å²) < 4.78 is 0. The van der Waals surface area contributed by atoms with E-state index in [0.717, 1.165) is 12.5 Å². The van der Waals surface area contributed by atoms with Crippen molar-refractivity contribution in [1.82, 2.24) is 0 Å². The molecular formula is C17H18O5. The van der Waals surface area contributed by atoms with E-state index in [-0.39, 0.29) is 6.42 Å². The second-order valence-corrected chi connectivity index (χ2v) is 5.81. The SMILES string of the molecule is CC1C(=O)C(C(=O)CCc2ccccc2)C(=O)C(C)(O)C1=O. The normalized spacial score (nSPS) is 28.8. The average Bonchev–Trinajstić information content (AvgIpc) is 2.51. The highest BCUT2D eigenvalue weighted by Gasteiger charge is 2.55. The molecule has 1 aliphatic rings. The first kappa shape index (κ1) is 16.2. The molecule has 116 valence electrons. The number of carbonyl (C=O) groups is 4. The van der Waals surface area contributed by atoms with Crippen LogP contribution in [0, 0.1) is 11.8 Å². The van der Waals surface area contributed by atoms with E-state index in [1.54, 1.807) is 0 Å². The van der Waals surface area contributed by atoms with E-state index in [2.05, 4.69) is 0 Å². The van der Waals surface area contributed by atoms with Gasteiger partial charge in [0.05, 0.1) is 5.92 Å². The van der Waals surface area contributed by atoms with Crippen LogP contribution in [-0.4, -0.2) is 33.8 Å². The summed E-state index contributed by atoms with van der Waals surface area (Å²) in [6.07, 6.45) is 0.421. The highest BCUT2D eigenvalue weighted by molar-refractivity contribution is 6.35. The topological polar surface area (TPSA) is 88.5 Å². The largest absolute Gasteiger partial charge is 0.375 e. The summed E-state index contributed by atoms with van der Waals surface area (Å²) in [5.74, 6) is -5.77. The zero-order valence-electron chi connectivity index (χ0n) is 12.5. The van der Waals surface area contributed by atoms with Crippen molar-refractivity contribution in [2.45, 2.75) is 32.3 Å². The predicted octanol–water partition coefficient (Wildman–Crippen LogP) is 0.912. The number of ketones is 4. The van der Waals surface area contributed by atoms with Crippen LogP contribution in [0.4, 0.5) is 0 Å². The van der Waals surface area contributed by atoms with E-state index >= 15 is 0 Å². The van der Waals surface area contributed by atoms with Crippen LogP contribution in [0.15, 0.2) is 30.3 Å². The van der Waals surface area contributed by atoms with Crippen LogP contribution in [0.1, 0.15) is 25.8 Å². The molecule has 1 aliphatic carbocycles. The van der Waals surface area contributed by atoms with Gasteiger partial charge in [0, 0.05) is 6.42 Å². The minimum absolute atomic E-state index is 0.0170. The minimum Gasteiger partial charge on any atom is -0.375 e. The van der Waals surface area contributed by atoms with Crippen molar-refractivity contribution < 1.29 is 24.3 Å². The first-order chi connectivity index (χ1) is 10.3. The number of aryl methyl sites for hydroxylation is 1. The van der Waals surface area contributed by atoms with Crippen molar-refractivity contribution in [2.24, 2.45) is 11.8 Å². The van der Waals surface area contributed by atoms with Crippen molar-refractivity contribution in [3.8, 4) is 0 Å². The first-order valence-corrected chi connectivity index (χ1v) is 7.18. The number of carbonyl (C=O) groups excluding carboxylic acids is 4. The van der Waals surface area contributed by atoms with Crippen molar-refractivity contribution in [3.05, 3.63) is 35.9 Å². The fourth-order valence-corrected chi connectivity index (χ4v) is 2.69. The predicted molar refractivity (Wildman–Crippen MR) is 78.1 cm³/mol. The zero-order chi connectivity index (χ0) is 16.5. The Morgan fingerprint density at radius 3 is 2.32 bits per heavy atom. The van der Waals surface area contributed by atoms with E-state index in [1.807, 2.05) is 30.3 Å². The number of hydrogen-bond donors (Lipinski definition) is 1. The van der Waals surface area contributed by atoms with Gasteiger partial charge in [-0.3, -0.25) is 19.2 Å². The van der Waals surface area contributed by atoms with Crippen LogP contribution in [0.3, 0.4) is 0 Å². The third-order valence-electron chi connectivity index (χ3n) is 4.15. The summed E-state index contributed by atoms with van der Waals surface area (Å²) in [7, 11) is 0. The Labute approximate surface area is 128 Å². The molecule has 5 heteroatoms. The average molecular weight is 302 g/mol. The van der Waals surface area contributed by atoms with Gasteiger partial charge in [0.2, 0.25) is 0 Å². The fraction of sp³-hybridized carbons (Fsp3) is 0.412. The van der Waals surface area contributed by atoms with Crippen LogP contribution in [0.5, 0.6) is 0 Å². The summed E-state index contributed by atoms with van der Waals surface area (Å²) in [4.78, 5) is 48.3. The van der Waals surface area contributed by atoms with Gasteiger partial charge in [0.25, 0.3) is 0 Å². The molecule has 3 atom stereocenters. The summed E-state index contributed by atoms with van der Waals surface area (Å²) in [6, 6.07) is 9.22. The van der Waals surface area contributed by atoms with Gasteiger partial charge in [0.1, 0.15) is 5.92 Å². The summed E-state index contributed by atoms with van der Waals surface area (Å²) >= 11 is 0. The molecule has 1 N–H and O–H groups in total. The quantitative estimate of drug-likeness (QED) is 0.835. The Morgan fingerprint density at radius 1 is 1.14 bits per heavy atom.